The number of carbonyl (C=O) groups is 1. The molecule has 1 aromatic rings. The Morgan fingerprint density at radius 2 is 2.39 bits per heavy atom. The molecule has 18 heavy (non-hydrogen) atoms. The van der Waals surface area contributed by atoms with Gasteiger partial charge in [0.05, 0.1) is 12.1 Å². The molecule has 0 heterocycles. The molecule has 0 saturated heterocycles. The summed E-state index contributed by atoms with van der Waals surface area (Å²) >= 11 is 6.00. The summed E-state index contributed by atoms with van der Waals surface area (Å²) in [5.74, 6) is 1.000. The lowest BCUT2D eigenvalue weighted by Gasteiger charge is -2.10. The predicted octanol–water partition coefficient (Wildman–Crippen LogP) is 3.64. The van der Waals surface area contributed by atoms with Gasteiger partial charge in [0, 0.05) is 12.1 Å². The third-order valence-corrected chi connectivity index (χ3v) is 3.29. The zero-order valence-corrected chi connectivity index (χ0v) is 11.0. The smallest absolute Gasteiger partial charge is 0.224 e. The van der Waals surface area contributed by atoms with Crippen molar-refractivity contribution >= 4 is 23.2 Å². The maximum atomic E-state index is 11.8. The van der Waals surface area contributed by atoms with Crippen LogP contribution >= 0.6 is 11.6 Å². The molecule has 0 bridgehead atoms. The number of benzene rings is 1. The van der Waals surface area contributed by atoms with Gasteiger partial charge in [0.25, 0.3) is 0 Å². The molecule has 0 radical (unpaired) electrons. The summed E-state index contributed by atoms with van der Waals surface area (Å²) in [4.78, 5) is 11.8. The van der Waals surface area contributed by atoms with E-state index in [9.17, 15) is 4.79 Å². The van der Waals surface area contributed by atoms with Gasteiger partial charge >= 0.3 is 0 Å². The summed E-state index contributed by atoms with van der Waals surface area (Å²) in [6.45, 7) is 0. The van der Waals surface area contributed by atoms with E-state index in [4.69, 9.17) is 16.3 Å². The number of nitrogens with one attached hydrogen (secondary N) is 1. The molecule has 2 rings (SSSR count). The number of halogens is 1. The van der Waals surface area contributed by atoms with Crippen LogP contribution in [0.2, 0.25) is 5.02 Å². The fourth-order valence-corrected chi connectivity index (χ4v) is 2.32. The molecule has 1 atom stereocenters. The third-order valence-electron chi connectivity index (χ3n) is 3.00. The summed E-state index contributed by atoms with van der Waals surface area (Å²) in [7, 11) is 1.56. The van der Waals surface area contributed by atoms with Gasteiger partial charge in [-0.15, -0.1) is 0 Å². The maximum Gasteiger partial charge on any atom is 0.224 e. The Kier molecular flexibility index (Phi) is 4.26. The number of methoxy groups -OCH3 is 1. The van der Waals surface area contributed by atoms with E-state index in [1.807, 2.05) is 0 Å². The molecule has 3 nitrogen and oxygen atoms in total. The van der Waals surface area contributed by atoms with Gasteiger partial charge in [-0.25, -0.2) is 0 Å². The zero-order valence-electron chi connectivity index (χ0n) is 10.3. The molecule has 0 unspecified atom stereocenters. The largest absolute Gasteiger partial charge is 0.495 e. The average Bonchev–Trinajstić information content (AvgIpc) is 2.82. The fourth-order valence-electron chi connectivity index (χ4n) is 2.06. The highest BCUT2D eigenvalue weighted by Gasteiger charge is 2.14. The first-order valence-electron chi connectivity index (χ1n) is 5.99. The third kappa shape index (κ3) is 3.26. The summed E-state index contributed by atoms with van der Waals surface area (Å²) in [5.41, 5.74) is 0.702. The van der Waals surface area contributed by atoms with Crippen LogP contribution in [0, 0.1) is 5.92 Å². The van der Waals surface area contributed by atoms with E-state index in [2.05, 4.69) is 17.5 Å². The molecule has 1 aliphatic rings. The SMILES string of the molecule is COc1ccc(NC(=O)C[C@H]2C=CCC2)cc1Cl. The van der Waals surface area contributed by atoms with Gasteiger partial charge in [-0.3, -0.25) is 4.79 Å². The van der Waals surface area contributed by atoms with Crippen LogP contribution in [0.5, 0.6) is 5.75 Å². The highest BCUT2D eigenvalue weighted by Crippen LogP contribution is 2.27. The molecule has 0 fully saturated rings. The number of allylic oxidation sites excluding steroid dienone is 2. The van der Waals surface area contributed by atoms with Gasteiger partial charge in [0.2, 0.25) is 5.91 Å². The van der Waals surface area contributed by atoms with Crippen LogP contribution in [0.25, 0.3) is 0 Å². The van der Waals surface area contributed by atoms with Gasteiger partial charge < -0.3 is 10.1 Å². The topological polar surface area (TPSA) is 38.3 Å². The number of amides is 1. The first-order chi connectivity index (χ1) is 8.69. The second-order valence-corrected chi connectivity index (χ2v) is 4.77. The summed E-state index contributed by atoms with van der Waals surface area (Å²) in [5, 5.41) is 3.34. The van der Waals surface area contributed by atoms with E-state index in [1.54, 1.807) is 25.3 Å². The molecule has 4 heteroatoms. The van der Waals surface area contributed by atoms with Crippen molar-refractivity contribution in [3.05, 3.63) is 35.4 Å². The average molecular weight is 266 g/mol. The van der Waals surface area contributed by atoms with Crippen molar-refractivity contribution in [3.8, 4) is 5.75 Å². The summed E-state index contributed by atoms with van der Waals surface area (Å²) < 4.78 is 5.06. The Balaban J connectivity index is 1.94. The van der Waals surface area contributed by atoms with Crippen molar-refractivity contribution in [3.63, 3.8) is 0 Å². The van der Waals surface area contributed by atoms with Crippen molar-refractivity contribution in [2.75, 3.05) is 12.4 Å². The van der Waals surface area contributed by atoms with Gasteiger partial charge in [-0.2, -0.15) is 0 Å². The maximum absolute atomic E-state index is 11.8. The Morgan fingerprint density at radius 1 is 1.56 bits per heavy atom. The number of anilines is 1. The van der Waals surface area contributed by atoms with Crippen molar-refractivity contribution in [1.82, 2.24) is 0 Å². The molecular weight excluding hydrogens is 250 g/mol. The minimum absolute atomic E-state index is 0.0211. The van der Waals surface area contributed by atoms with E-state index in [-0.39, 0.29) is 5.91 Å². The Hall–Kier alpha value is -1.48. The second kappa shape index (κ2) is 5.91. The van der Waals surface area contributed by atoms with Crippen molar-refractivity contribution in [1.29, 1.82) is 0 Å². The molecule has 0 saturated carbocycles. The standard InChI is InChI=1S/C14H16ClNO2/c1-18-13-7-6-11(9-12(13)15)16-14(17)8-10-4-2-3-5-10/h2,4,6-7,9-10H,3,5,8H2,1H3,(H,16,17)/t10-/m0/s1. The van der Waals surface area contributed by atoms with Crippen LogP contribution in [0.4, 0.5) is 5.69 Å². The minimum atomic E-state index is 0.0211. The normalized spacial score (nSPS) is 17.8. The van der Waals surface area contributed by atoms with Crippen LogP contribution in [-0.2, 0) is 4.79 Å². The van der Waals surface area contributed by atoms with E-state index in [1.165, 1.54) is 0 Å². The van der Waals surface area contributed by atoms with Gasteiger partial charge in [0.1, 0.15) is 5.75 Å². The number of hydrogen-bond acceptors (Lipinski definition) is 2. The monoisotopic (exact) mass is 265 g/mol. The van der Waals surface area contributed by atoms with E-state index in [0.717, 1.165) is 12.8 Å². The van der Waals surface area contributed by atoms with Crippen LogP contribution in [0.1, 0.15) is 19.3 Å². The van der Waals surface area contributed by atoms with Crippen molar-refractivity contribution in [2.24, 2.45) is 5.92 Å². The Labute approximate surface area is 112 Å². The number of carbonyl (C=O) groups excluding carboxylic acids is 1. The van der Waals surface area contributed by atoms with E-state index < -0.39 is 0 Å². The fraction of sp³-hybridized carbons (Fsp3) is 0.357. The lowest BCUT2D eigenvalue weighted by atomic mass is 10.1. The molecule has 1 amide bonds. The van der Waals surface area contributed by atoms with Crippen LogP contribution in [-0.4, -0.2) is 13.0 Å². The molecule has 96 valence electrons. The molecule has 1 N–H and O–H groups in total. The molecule has 0 aliphatic heterocycles. The highest BCUT2D eigenvalue weighted by molar-refractivity contribution is 6.32. The van der Waals surface area contributed by atoms with Crippen LogP contribution in [0.15, 0.2) is 30.4 Å². The van der Waals surface area contributed by atoms with E-state index in [0.29, 0.717) is 28.8 Å². The highest BCUT2D eigenvalue weighted by atomic mass is 35.5. The number of hydrogen-bond donors (Lipinski definition) is 1. The quantitative estimate of drug-likeness (QED) is 0.844. The Morgan fingerprint density at radius 3 is 3.00 bits per heavy atom. The molecule has 0 aromatic heterocycles. The summed E-state index contributed by atoms with van der Waals surface area (Å²) in [6, 6.07) is 5.23. The molecular formula is C14H16ClNO2. The van der Waals surface area contributed by atoms with Crippen LogP contribution < -0.4 is 10.1 Å². The Bertz CT molecular complexity index is 471. The predicted molar refractivity (Wildman–Crippen MR) is 73.1 cm³/mol. The van der Waals surface area contributed by atoms with Gasteiger partial charge in [-0.1, -0.05) is 23.8 Å². The molecule has 0 spiro atoms. The van der Waals surface area contributed by atoms with Crippen molar-refractivity contribution < 1.29 is 9.53 Å². The summed E-state index contributed by atoms with van der Waals surface area (Å²) in [6.07, 6.45) is 6.91. The number of ether oxygens (including phenoxy) is 1. The minimum Gasteiger partial charge on any atom is -0.495 e. The lowest BCUT2D eigenvalue weighted by Crippen LogP contribution is -2.14. The molecule has 1 aromatic carbocycles. The number of rotatable bonds is 4. The van der Waals surface area contributed by atoms with Gasteiger partial charge in [0.15, 0.2) is 0 Å². The van der Waals surface area contributed by atoms with Crippen LogP contribution in [0.3, 0.4) is 0 Å². The van der Waals surface area contributed by atoms with Gasteiger partial charge in [-0.05, 0) is 37.0 Å². The first-order valence-corrected chi connectivity index (χ1v) is 6.37. The van der Waals surface area contributed by atoms with E-state index >= 15 is 0 Å². The first kappa shape index (κ1) is 13.0. The molecule has 1 aliphatic carbocycles. The van der Waals surface area contributed by atoms with Crippen molar-refractivity contribution in [2.45, 2.75) is 19.3 Å². The second-order valence-electron chi connectivity index (χ2n) is 4.37. The zero-order chi connectivity index (χ0) is 13.0. The lowest BCUT2D eigenvalue weighted by molar-refractivity contribution is -0.116.